The van der Waals surface area contributed by atoms with Crippen LogP contribution in [0.2, 0.25) is 0 Å². The molecule has 0 unspecified atom stereocenters. The van der Waals surface area contributed by atoms with E-state index in [9.17, 15) is 13.2 Å². The highest BCUT2D eigenvalue weighted by Gasteiger charge is 2.21. The molecule has 0 aromatic heterocycles. The van der Waals surface area contributed by atoms with Gasteiger partial charge in [0.15, 0.2) is 0 Å². The molecule has 0 spiro atoms. The average Bonchev–Trinajstić information content (AvgIpc) is 2.78. The number of nitrogens with zero attached hydrogens (tertiary/aromatic N) is 2. The fourth-order valence-corrected chi connectivity index (χ4v) is 4.16. The van der Waals surface area contributed by atoms with Crippen LogP contribution < -0.4 is 13.8 Å². The van der Waals surface area contributed by atoms with Gasteiger partial charge < -0.3 is 23.5 Å². The highest BCUT2D eigenvalue weighted by atomic mass is 32.2. The van der Waals surface area contributed by atoms with E-state index in [4.69, 9.17) is 13.7 Å². The van der Waals surface area contributed by atoms with Crippen LogP contribution in [0.3, 0.4) is 0 Å². The number of methoxy groups -OCH3 is 2. The second-order valence-electron chi connectivity index (χ2n) is 7.11. The number of ether oxygens (including phenoxy) is 2. The van der Waals surface area contributed by atoms with Crippen molar-refractivity contribution in [2.45, 2.75) is 32.2 Å². The standard InChI is InChI=1S/C23H32N2O6S/c1-6-24(7-2)20-9-8-19(17-25(18(3)26)14-15-29-4)23(16-20)31-32(27,28)22-12-10-21(30-5)11-13-22/h8-13,16H,6-7,14-15,17H2,1-5H3. The van der Waals surface area contributed by atoms with E-state index in [-0.39, 0.29) is 23.1 Å². The van der Waals surface area contributed by atoms with Gasteiger partial charge in [0.2, 0.25) is 5.91 Å². The van der Waals surface area contributed by atoms with E-state index in [1.165, 1.54) is 26.2 Å². The van der Waals surface area contributed by atoms with Gasteiger partial charge in [-0.3, -0.25) is 4.79 Å². The van der Waals surface area contributed by atoms with Crippen LogP contribution in [0.1, 0.15) is 26.3 Å². The Hall–Kier alpha value is -2.78. The fraction of sp³-hybridized carbons (Fsp3) is 0.435. The minimum absolute atomic E-state index is 0.0142. The normalized spacial score (nSPS) is 11.2. The third kappa shape index (κ3) is 6.61. The second-order valence-corrected chi connectivity index (χ2v) is 8.66. The highest BCUT2D eigenvalue weighted by molar-refractivity contribution is 7.87. The maximum Gasteiger partial charge on any atom is 0.339 e. The van der Waals surface area contributed by atoms with Gasteiger partial charge in [-0.1, -0.05) is 6.07 Å². The van der Waals surface area contributed by atoms with Crippen molar-refractivity contribution in [2.24, 2.45) is 0 Å². The van der Waals surface area contributed by atoms with Crippen molar-refractivity contribution in [2.75, 3.05) is 45.4 Å². The fourth-order valence-electron chi connectivity index (χ4n) is 3.20. The number of amides is 1. The lowest BCUT2D eigenvalue weighted by atomic mass is 10.1. The van der Waals surface area contributed by atoms with Crippen molar-refractivity contribution >= 4 is 21.7 Å². The summed E-state index contributed by atoms with van der Waals surface area (Å²) in [7, 11) is -1.02. The summed E-state index contributed by atoms with van der Waals surface area (Å²) in [6, 6.07) is 11.4. The molecule has 0 saturated carbocycles. The lowest BCUT2D eigenvalue weighted by molar-refractivity contribution is -0.130. The van der Waals surface area contributed by atoms with Gasteiger partial charge >= 0.3 is 10.1 Å². The smallest absolute Gasteiger partial charge is 0.339 e. The molecule has 0 aliphatic rings. The largest absolute Gasteiger partial charge is 0.497 e. The summed E-state index contributed by atoms with van der Waals surface area (Å²) in [5, 5.41) is 0. The van der Waals surface area contributed by atoms with E-state index in [1.807, 2.05) is 19.9 Å². The molecule has 1 amide bonds. The summed E-state index contributed by atoms with van der Waals surface area (Å²) >= 11 is 0. The molecule has 2 rings (SSSR count). The van der Waals surface area contributed by atoms with Gasteiger partial charge in [-0.2, -0.15) is 8.42 Å². The van der Waals surface area contributed by atoms with E-state index < -0.39 is 10.1 Å². The Labute approximate surface area is 190 Å². The number of carbonyl (C=O) groups is 1. The maximum absolute atomic E-state index is 13.0. The number of rotatable bonds is 12. The molecule has 0 atom stereocenters. The zero-order valence-corrected chi connectivity index (χ0v) is 20.1. The van der Waals surface area contributed by atoms with Crippen LogP contribution in [0, 0.1) is 0 Å². The molecular formula is C23H32N2O6S. The average molecular weight is 465 g/mol. The molecule has 9 heteroatoms. The number of hydrogen-bond donors (Lipinski definition) is 0. The predicted octanol–water partition coefficient (Wildman–Crippen LogP) is 3.30. The molecule has 0 aliphatic carbocycles. The first kappa shape index (κ1) is 25.5. The molecule has 2 aromatic rings. The van der Waals surface area contributed by atoms with Crippen LogP contribution in [-0.2, 0) is 26.2 Å². The van der Waals surface area contributed by atoms with E-state index in [2.05, 4.69) is 4.90 Å². The van der Waals surface area contributed by atoms with Gasteiger partial charge in [0.05, 0.1) is 13.7 Å². The summed E-state index contributed by atoms with van der Waals surface area (Å²) in [4.78, 5) is 15.8. The number of carbonyl (C=O) groups excluding carboxylic acids is 1. The zero-order chi connectivity index (χ0) is 23.7. The summed E-state index contributed by atoms with van der Waals surface area (Å²) in [5.74, 6) is 0.594. The van der Waals surface area contributed by atoms with Crippen LogP contribution in [-0.4, -0.2) is 59.7 Å². The molecule has 0 aliphatic heterocycles. The Morgan fingerprint density at radius 3 is 2.19 bits per heavy atom. The first-order valence-electron chi connectivity index (χ1n) is 10.5. The Balaban J connectivity index is 2.45. The SMILES string of the molecule is CCN(CC)c1ccc(CN(CCOC)C(C)=O)c(OS(=O)(=O)c2ccc(OC)cc2)c1. The summed E-state index contributed by atoms with van der Waals surface area (Å²) in [5.41, 5.74) is 1.43. The quantitative estimate of drug-likeness (QED) is 0.446. The summed E-state index contributed by atoms with van der Waals surface area (Å²) in [6.07, 6.45) is 0. The lowest BCUT2D eigenvalue weighted by Crippen LogP contribution is -2.31. The Bertz CT molecular complexity index is 988. The third-order valence-corrected chi connectivity index (χ3v) is 6.35. The lowest BCUT2D eigenvalue weighted by Gasteiger charge is -2.25. The number of hydrogen-bond acceptors (Lipinski definition) is 7. The molecule has 0 saturated heterocycles. The number of benzene rings is 2. The van der Waals surface area contributed by atoms with Crippen LogP contribution >= 0.6 is 0 Å². The van der Waals surface area contributed by atoms with Gasteiger partial charge in [0, 0.05) is 57.5 Å². The molecular weight excluding hydrogens is 432 g/mol. The molecule has 32 heavy (non-hydrogen) atoms. The minimum atomic E-state index is -4.09. The number of anilines is 1. The van der Waals surface area contributed by atoms with Crippen molar-refractivity contribution in [1.82, 2.24) is 4.90 Å². The predicted molar refractivity (Wildman–Crippen MR) is 124 cm³/mol. The zero-order valence-electron chi connectivity index (χ0n) is 19.3. The van der Waals surface area contributed by atoms with Crippen LogP contribution in [0.4, 0.5) is 5.69 Å². The first-order chi connectivity index (χ1) is 15.2. The molecule has 0 heterocycles. The van der Waals surface area contributed by atoms with E-state index in [0.717, 1.165) is 18.8 Å². The minimum Gasteiger partial charge on any atom is -0.497 e. The van der Waals surface area contributed by atoms with Crippen LogP contribution in [0.5, 0.6) is 11.5 Å². The maximum atomic E-state index is 13.0. The Morgan fingerprint density at radius 1 is 1.00 bits per heavy atom. The Kier molecular flexibility index (Phi) is 9.34. The summed E-state index contributed by atoms with van der Waals surface area (Å²) < 4.78 is 41.8. The van der Waals surface area contributed by atoms with E-state index in [0.29, 0.717) is 24.5 Å². The molecule has 176 valence electrons. The van der Waals surface area contributed by atoms with E-state index in [1.54, 1.807) is 36.3 Å². The molecule has 0 bridgehead atoms. The van der Waals surface area contributed by atoms with E-state index >= 15 is 0 Å². The molecule has 8 nitrogen and oxygen atoms in total. The van der Waals surface area contributed by atoms with Crippen molar-refractivity contribution < 1.29 is 26.9 Å². The third-order valence-electron chi connectivity index (χ3n) is 5.10. The van der Waals surface area contributed by atoms with Crippen molar-refractivity contribution in [1.29, 1.82) is 0 Å². The molecule has 2 aromatic carbocycles. The molecule has 0 N–H and O–H groups in total. The van der Waals surface area contributed by atoms with Gasteiger partial charge in [-0.25, -0.2) is 0 Å². The van der Waals surface area contributed by atoms with Crippen LogP contribution in [0.25, 0.3) is 0 Å². The van der Waals surface area contributed by atoms with Gasteiger partial charge in [-0.15, -0.1) is 0 Å². The second kappa shape index (κ2) is 11.7. The van der Waals surface area contributed by atoms with Crippen molar-refractivity contribution in [3.63, 3.8) is 0 Å². The summed E-state index contributed by atoms with van der Waals surface area (Å²) in [6.45, 7) is 7.98. The van der Waals surface area contributed by atoms with Gasteiger partial charge in [0.25, 0.3) is 0 Å². The van der Waals surface area contributed by atoms with Gasteiger partial charge in [0.1, 0.15) is 16.4 Å². The topological polar surface area (TPSA) is 85.4 Å². The van der Waals surface area contributed by atoms with Crippen molar-refractivity contribution in [3.8, 4) is 11.5 Å². The van der Waals surface area contributed by atoms with Gasteiger partial charge in [-0.05, 0) is 44.2 Å². The molecule has 0 radical (unpaired) electrons. The Morgan fingerprint density at radius 2 is 1.66 bits per heavy atom. The van der Waals surface area contributed by atoms with Crippen molar-refractivity contribution in [3.05, 3.63) is 48.0 Å². The van der Waals surface area contributed by atoms with Crippen LogP contribution in [0.15, 0.2) is 47.4 Å². The molecule has 0 fully saturated rings. The first-order valence-corrected chi connectivity index (χ1v) is 11.9. The highest BCUT2D eigenvalue weighted by Crippen LogP contribution is 2.30. The monoisotopic (exact) mass is 464 g/mol.